The van der Waals surface area contributed by atoms with Crippen molar-refractivity contribution in [3.8, 4) is 11.5 Å². The van der Waals surface area contributed by atoms with Gasteiger partial charge < -0.3 is 15.4 Å². The van der Waals surface area contributed by atoms with Gasteiger partial charge in [-0.05, 0) is 30.7 Å². The van der Waals surface area contributed by atoms with Crippen LogP contribution in [0.3, 0.4) is 0 Å². The van der Waals surface area contributed by atoms with Gasteiger partial charge in [0.2, 0.25) is 0 Å². The molecular formula is C17H19ClN2O2. The fourth-order valence-electron chi connectivity index (χ4n) is 2.49. The van der Waals surface area contributed by atoms with Gasteiger partial charge in [-0.25, -0.2) is 0 Å². The smallest absolute Gasteiger partial charge is 0.257 e. The Hall–Kier alpha value is -2.04. The van der Waals surface area contributed by atoms with Gasteiger partial charge in [0, 0.05) is 19.1 Å². The fraction of sp³-hybridized carbons (Fsp3) is 0.235. The molecule has 1 aliphatic rings. The zero-order valence-electron chi connectivity index (χ0n) is 12.1. The number of para-hydroxylation sites is 2. The highest BCUT2D eigenvalue weighted by atomic mass is 35.5. The van der Waals surface area contributed by atoms with E-state index in [0.29, 0.717) is 24.4 Å². The van der Waals surface area contributed by atoms with E-state index in [9.17, 15) is 4.79 Å². The Morgan fingerprint density at radius 1 is 1.09 bits per heavy atom. The molecule has 22 heavy (non-hydrogen) atoms. The third-order valence-corrected chi connectivity index (χ3v) is 3.60. The molecule has 1 saturated heterocycles. The number of nitrogens with two attached hydrogens (primary N) is 1. The van der Waals surface area contributed by atoms with Gasteiger partial charge in [0.15, 0.2) is 0 Å². The molecule has 2 aromatic carbocycles. The third kappa shape index (κ3) is 3.59. The molecule has 1 aliphatic heterocycles. The maximum atomic E-state index is 12.6. The highest BCUT2D eigenvalue weighted by Crippen LogP contribution is 2.26. The zero-order valence-corrected chi connectivity index (χ0v) is 13.0. The summed E-state index contributed by atoms with van der Waals surface area (Å²) in [6, 6.07) is 16.9. The molecule has 4 nitrogen and oxygen atoms in total. The predicted octanol–water partition coefficient (Wildman–Crippen LogP) is 3.07. The average molecular weight is 319 g/mol. The highest BCUT2D eigenvalue weighted by Gasteiger charge is 2.26. The molecule has 1 amide bonds. The monoisotopic (exact) mass is 318 g/mol. The van der Waals surface area contributed by atoms with Crippen molar-refractivity contribution < 1.29 is 9.53 Å². The molecule has 0 saturated carbocycles. The number of carbonyl (C=O) groups is 1. The second-order valence-corrected chi connectivity index (χ2v) is 5.21. The predicted molar refractivity (Wildman–Crippen MR) is 88.7 cm³/mol. The molecule has 0 unspecified atom stereocenters. The van der Waals surface area contributed by atoms with E-state index in [2.05, 4.69) is 0 Å². The number of hydrogen-bond acceptors (Lipinski definition) is 3. The maximum absolute atomic E-state index is 12.6. The third-order valence-electron chi connectivity index (χ3n) is 3.60. The van der Waals surface area contributed by atoms with Gasteiger partial charge in [-0.3, -0.25) is 4.79 Å². The van der Waals surface area contributed by atoms with E-state index < -0.39 is 0 Å². The van der Waals surface area contributed by atoms with Crippen molar-refractivity contribution in [2.24, 2.45) is 5.73 Å². The van der Waals surface area contributed by atoms with Crippen LogP contribution in [0.15, 0.2) is 54.6 Å². The summed E-state index contributed by atoms with van der Waals surface area (Å²) in [5, 5.41) is 0. The van der Waals surface area contributed by atoms with Crippen molar-refractivity contribution >= 4 is 18.3 Å². The molecule has 0 aliphatic carbocycles. The lowest BCUT2D eigenvalue weighted by atomic mass is 10.1. The SMILES string of the molecule is Cl.N[C@@H]1CCN(C(=O)c2ccccc2Oc2ccccc2)C1. The topological polar surface area (TPSA) is 55.6 Å². The van der Waals surface area contributed by atoms with E-state index in [1.54, 1.807) is 11.0 Å². The highest BCUT2D eigenvalue weighted by molar-refractivity contribution is 5.97. The zero-order chi connectivity index (χ0) is 14.7. The number of ether oxygens (including phenoxy) is 1. The van der Waals surface area contributed by atoms with Crippen molar-refractivity contribution in [2.75, 3.05) is 13.1 Å². The molecule has 0 spiro atoms. The molecule has 5 heteroatoms. The molecule has 0 radical (unpaired) electrons. The Kier molecular flexibility index (Phi) is 5.41. The Labute approximate surface area is 136 Å². The molecule has 2 aromatic rings. The Bertz CT molecular complexity index is 634. The number of nitrogens with zero attached hydrogens (tertiary/aromatic N) is 1. The number of halogens is 1. The molecular weight excluding hydrogens is 300 g/mol. The van der Waals surface area contributed by atoms with E-state index in [1.807, 2.05) is 48.5 Å². The van der Waals surface area contributed by atoms with Crippen LogP contribution < -0.4 is 10.5 Å². The summed E-state index contributed by atoms with van der Waals surface area (Å²) in [7, 11) is 0. The summed E-state index contributed by atoms with van der Waals surface area (Å²) >= 11 is 0. The van der Waals surface area contributed by atoms with Crippen molar-refractivity contribution in [2.45, 2.75) is 12.5 Å². The van der Waals surface area contributed by atoms with E-state index in [1.165, 1.54) is 0 Å². The molecule has 1 fully saturated rings. The molecule has 0 aromatic heterocycles. The number of likely N-dealkylation sites (tertiary alicyclic amines) is 1. The average Bonchev–Trinajstić information content (AvgIpc) is 2.95. The molecule has 1 heterocycles. The summed E-state index contributed by atoms with van der Waals surface area (Å²) in [5.74, 6) is 1.28. The Morgan fingerprint density at radius 3 is 2.45 bits per heavy atom. The van der Waals surface area contributed by atoms with Gasteiger partial charge in [-0.15, -0.1) is 12.4 Å². The van der Waals surface area contributed by atoms with Gasteiger partial charge in [0.1, 0.15) is 11.5 Å². The minimum absolute atomic E-state index is 0. The van der Waals surface area contributed by atoms with Gasteiger partial charge in [0.25, 0.3) is 5.91 Å². The van der Waals surface area contributed by atoms with E-state index in [-0.39, 0.29) is 24.4 Å². The first-order valence-electron chi connectivity index (χ1n) is 7.11. The van der Waals surface area contributed by atoms with Crippen molar-refractivity contribution in [3.05, 3.63) is 60.2 Å². The number of carbonyl (C=O) groups excluding carboxylic acids is 1. The molecule has 0 bridgehead atoms. The Balaban J connectivity index is 0.00000176. The first-order chi connectivity index (χ1) is 10.2. The van der Waals surface area contributed by atoms with Crippen LogP contribution in [-0.4, -0.2) is 29.9 Å². The first kappa shape index (κ1) is 16.3. The lowest BCUT2D eigenvalue weighted by Gasteiger charge is -2.18. The van der Waals surface area contributed by atoms with Crippen LogP contribution in [0.1, 0.15) is 16.8 Å². The largest absolute Gasteiger partial charge is 0.457 e. The summed E-state index contributed by atoms with van der Waals surface area (Å²) in [4.78, 5) is 14.4. The van der Waals surface area contributed by atoms with Gasteiger partial charge in [0.05, 0.1) is 5.56 Å². The van der Waals surface area contributed by atoms with Crippen LogP contribution >= 0.6 is 12.4 Å². The summed E-state index contributed by atoms with van der Waals surface area (Å²) < 4.78 is 5.84. The number of rotatable bonds is 3. The standard InChI is InChI=1S/C17H18N2O2.ClH/c18-13-10-11-19(12-13)17(20)15-8-4-5-9-16(15)21-14-6-2-1-3-7-14;/h1-9,13H,10-12,18H2;1H/t13-;/m1./s1. The van der Waals surface area contributed by atoms with Gasteiger partial charge >= 0.3 is 0 Å². The fourth-order valence-corrected chi connectivity index (χ4v) is 2.49. The quantitative estimate of drug-likeness (QED) is 0.946. The van der Waals surface area contributed by atoms with Crippen LogP contribution in [0.5, 0.6) is 11.5 Å². The molecule has 2 N–H and O–H groups in total. The van der Waals surface area contributed by atoms with E-state index in [0.717, 1.165) is 12.2 Å². The lowest BCUT2D eigenvalue weighted by molar-refractivity contribution is 0.0788. The molecule has 1 atom stereocenters. The lowest BCUT2D eigenvalue weighted by Crippen LogP contribution is -2.32. The normalized spacial score (nSPS) is 17.0. The molecule has 116 valence electrons. The summed E-state index contributed by atoms with van der Waals surface area (Å²) in [6.45, 7) is 1.32. The summed E-state index contributed by atoms with van der Waals surface area (Å²) in [5.41, 5.74) is 6.46. The van der Waals surface area contributed by atoms with Crippen LogP contribution in [-0.2, 0) is 0 Å². The number of amides is 1. The summed E-state index contributed by atoms with van der Waals surface area (Å²) in [6.07, 6.45) is 0.855. The second kappa shape index (κ2) is 7.29. The van der Waals surface area contributed by atoms with Crippen LogP contribution in [0.4, 0.5) is 0 Å². The van der Waals surface area contributed by atoms with E-state index >= 15 is 0 Å². The van der Waals surface area contributed by atoms with Crippen molar-refractivity contribution in [1.82, 2.24) is 4.90 Å². The first-order valence-corrected chi connectivity index (χ1v) is 7.11. The van der Waals surface area contributed by atoms with Crippen LogP contribution in [0.2, 0.25) is 0 Å². The minimum atomic E-state index is -0.0190. The van der Waals surface area contributed by atoms with Crippen molar-refractivity contribution in [3.63, 3.8) is 0 Å². The second-order valence-electron chi connectivity index (χ2n) is 5.21. The van der Waals surface area contributed by atoms with Gasteiger partial charge in [-0.2, -0.15) is 0 Å². The number of hydrogen-bond donors (Lipinski definition) is 1. The number of benzene rings is 2. The van der Waals surface area contributed by atoms with Gasteiger partial charge in [-0.1, -0.05) is 30.3 Å². The van der Waals surface area contributed by atoms with Crippen molar-refractivity contribution in [1.29, 1.82) is 0 Å². The van der Waals surface area contributed by atoms with E-state index in [4.69, 9.17) is 10.5 Å². The van der Waals surface area contributed by atoms with Crippen LogP contribution in [0, 0.1) is 0 Å². The minimum Gasteiger partial charge on any atom is -0.457 e. The van der Waals surface area contributed by atoms with Crippen LogP contribution in [0.25, 0.3) is 0 Å². The Morgan fingerprint density at radius 2 is 1.77 bits per heavy atom. The molecule has 3 rings (SSSR count). The maximum Gasteiger partial charge on any atom is 0.257 e.